The first-order valence-corrected chi connectivity index (χ1v) is 11.3. The molecule has 0 aliphatic carbocycles. The van der Waals surface area contributed by atoms with Crippen LogP contribution >= 0.6 is 0 Å². The molecule has 1 unspecified atom stereocenters. The number of amides is 1. The zero-order chi connectivity index (χ0) is 21.7. The molecule has 1 fully saturated rings. The summed E-state index contributed by atoms with van der Waals surface area (Å²) in [4.78, 5) is 37.2. The van der Waals surface area contributed by atoms with Gasteiger partial charge in [-0.05, 0) is 25.1 Å². The molecular weight excluding hydrogens is 408 g/mol. The lowest BCUT2D eigenvalue weighted by atomic mass is 10.2. The third kappa shape index (κ3) is 4.76. The van der Waals surface area contributed by atoms with Gasteiger partial charge in [-0.2, -0.15) is 0 Å². The van der Waals surface area contributed by atoms with Crippen molar-refractivity contribution in [1.29, 1.82) is 0 Å². The molecule has 1 saturated heterocycles. The lowest BCUT2D eigenvalue weighted by Crippen LogP contribution is -2.52. The van der Waals surface area contributed by atoms with E-state index >= 15 is 0 Å². The van der Waals surface area contributed by atoms with Gasteiger partial charge in [0, 0.05) is 38.6 Å². The van der Waals surface area contributed by atoms with E-state index in [4.69, 9.17) is 4.74 Å². The van der Waals surface area contributed by atoms with Crippen molar-refractivity contribution in [3.8, 4) is 0 Å². The van der Waals surface area contributed by atoms with E-state index in [0.29, 0.717) is 32.1 Å². The minimum atomic E-state index is -3.60. The van der Waals surface area contributed by atoms with E-state index in [-0.39, 0.29) is 22.1 Å². The summed E-state index contributed by atoms with van der Waals surface area (Å²) in [6.45, 7) is 5.01. The van der Waals surface area contributed by atoms with Crippen molar-refractivity contribution in [2.24, 2.45) is 0 Å². The van der Waals surface area contributed by atoms with E-state index in [1.54, 1.807) is 35.5 Å². The second-order valence-corrected chi connectivity index (χ2v) is 9.05. The van der Waals surface area contributed by atoms with Crippen LogP contribution in [0.25, 0.3) is 0 Å². The Bertz CT molecular complexity index is 1000. The van der Waals surface area contributed by atoms with E-state index < -0.39 is 21.9 Å². The van der Waals surface area contributed by atoms with Crippen LogP contribution in [0.4, 0.5) is 5.95 Å². The van der Waals surface area contributed by atoms with Crippen LogP contribution in [0.15, 0.2) is 47.6 Å². The van der Waals surface area contributed by atoms with Crippen LogP contribution in [-0.2, 0) is 19.4 Å². The molecule has 1 amide bonds. The molecule has 0 saturated carbocycles. The predicted octanol–water partition coefficient (Wildman–Crippen LogP) is 1.16. The molecule has 2 aromatic rings. The van der Waals surface area contributed by atoms with E-state index in [0.717, 1.165) is 0 Å². The fourth-order valence-electron chi connectivity index (χ4n) is 3.17. The fourth-order valence-corrected chi connectivity index (χ4v) is 4.26. The van der Waals surface area contributed by atoms with Crippen molar-refractivity contribution >= 4 is 27.7 Å². The lowest BCUT2D eigenvalue weighted by molar-refractivity contribution is -0.140. The highest BCUT2D eigenvalue weighted by Gasteiger charge is 2.29. The Morgan fingerprint density at radius 2 is 1.70 bits per heavy atom. The van der Waals surface area contributed by atoms with Crippen LogP contribution in [0.1, 0.15) is 24.2 Å². The number of aromatic nitrogens is 2. The Morgan fingerprint density at radius 1 is 1.07 bits per heavy atom. The largest absolute Gasteiger partial charge is 0.449 e. The normalized spacial score (nSPS) is 15.5. The fraction of sp³-hybridized carbons (Fsp3) is 0.400. The van der Waals surface area contributed by atoms with Crippen molar-refractivity contribution in [1.82, 2.24) is 14.9 Å². The van der Waals surface area contributed by atoms with Gasteiger partial charge in [-0.15, -0.1) is 0 Å². The van der Waals surface area contributed by atoms with Gasteiger partial charge >= 0.3 is 5.97 Å². The Kier molecular flexibility index (Phi) is 6.66. The topological polar surface area (TPSA) is 110 Å². The minimum absolute atomic E-state index is 0.0648. The third-order valence-corrected chi connectivity index (χ3v) is 6.67. The van der Waals surface area contributed by atoms with Crippen molar-refractivity contribution in [3.05, 3.63) is 48.3 Å². The summed E-state index contributed by atoms with van der Waals surface area (Å²) in [7, 11) is -3.60. The van der Waals surface area contributed by atoms with Crippen LogP contribution in [0.2, 0.25) is 0 Å². The van der Waals surface area contributed by atoms with Gasteiger partial charge in [0.15, 0.2) is 15.9 Å². The molecule has 3 rings (SSSR count). The van der Waals surface area contributed by atoms with Crippen molar-refractivity contribution in [3.63, 3.8) is 0 Å². The van der Waals surface area contributed by atoms with Gasteiger partial charge in [0.25, 0.3) is 5.91 Å². The second-order valence-electron chi connectivity index (χ2n) is 6.81. The summed E-state index contributed by atoms with van der Waals surface area (Å²) in [6, 6.07) is 7.60. The molecule has 10 heteroatoms. The maximum Gasteiger partial charge on any atom is 0.340 e. The van der Waals surface area contributed by atoms with Gasteiger partial charge < -0.3 is 14.5 Å². The number of nitrogens with zero attached hydrogens (tertiary/aromatic N) is 4. The molecule has 0 spiro atoms. The molecule has 1 aromatic carbocycles. The summed E-state index contributed by atoms with van der Waals surface area (Å²) in [6.07, 6.45) is 2.30. The summed E-state index contributed by atoms with van der Waals surface area (Å²) in [5.41, 5.74) is -0.0648. The van der Waals surface area contributed by atoms with Gasteiger partial charge in [-0.25, -0.2) is 23.2 Å². The van der Waals surface area contributed by atoms with Crippen molar-refractivity contribution in [2.45, 2.75) is 24.8 Å². The number of piperazine rings is 1. The number of ether oxygens (including phenoxy) is 1. The van der Waals surface area contributed by atoms with E-state index in [9.17, 15) is 18.0 Å². The van der Waals surface area contributed by atoms with Gasteiger partial charge in [0.1, 0.15) is 0 Å². The van der Waals surface area contributed by atoms with Gasteiger partial charge in [0.05, 0.1) is 16.2 Å². The summed E-state index contributed by atoms with van der Waals surface area (Å²) < 4.78 is 29.8. The van der Waals surface area contributed by atoms with Crippen LogP contribution in [0.3, 0.4) is 0 Å². The first-order valence-electron chi connectivity index (χ1n) is 9.67. The van der Waals surface area contributed by atoms with Crippen LogP contribution in [0, 0.1) is 0 Å². The summed E-state index contributed by atoms with van der Waals surface area (Å²) in [5, 5.41) is 0. The Morgan fingerprint density at radius 3 is 2.33 bits per heavy atom. The molecule has 0 radical (unpaired) electrons. The molecule has 30 heavy (non-hydrogen) atoms. The quantitative estimate of drug-likeness (QED) is 0.626. The van der Waals surface area contributed by atoms with Gasteiger partial charge in [0.2, 0.25) is 5.95 Å². The number of carbonyl (C=O) groups is 2. The zero-order valence-electron chi connectivity index (χ0n) is 16.9. The van der Waals surface area contributed by atoms with Gasteiger partial charge in [-0.1, -0.05) is 19.1 Å². The highest BCUT2D eigenvalue weighted by molar-refractivity contribution is 7.91. The van der Waals surface area contributed by atoms with Crippen LogP contribution < -0.4 is 4.90 Å². The van der Waals surface area contributed by atoms with E-state index in [1.807, 2.05) is 4.90 Å². The Balaban J connectivity index is 1.62. The summed E-state index contributed by atoms with van der Waals surface area (Å²) in [5.74, 6) is -0.688. The number of hydrogen-bond acceptors (Lipinski definition) is 8. The average Bonchev–Trinajstić information content (AvgIpc) is 2.79. The number of esters is 1. The standard InChI is InChI=1S/C20H24N4O5S/c1-3-30(27,28)17-8-5-4-7-16(17)19(26)29-15(2)18(25)23-11-13-24(14-12-23)20-21-9-6-10-22-20/h4-10,15H,3,11-14H2,1-2H3. The van der Waals surface area contributed by atoms with E-state index in [1.165, 1.54) is 26.0 Å². The number of hydrogen-bond donors (Lipinski definition) is 0. The van der Waals surface area contributed by atoms with Crippen LogP contribution in [0.5, 0.6) is 0 Å². The molecule has 1 aromatic heterocycles. The molecule has 1 aliphatic heterocycles. The highest BCUT2D eigenvalue weighted by atomic mass is 32.2. The van der Waals surface area contributed by atoms with Crippen molar-refractivity contribution in [2.75, 3.05) is 36.8 Å². The molecule has 1 aliphatic rings. The Labute approximate surface area is 175 Å². The number of carbonyl (C=O) groups excluding carboxylic acids is 2. The first kappa shape index (κ1) is 21.7. The van der Waals surface area contributed by atoms with Gasteiger partial charge in [-0.3, -0.25) is 4.79 Å². The smallest absolute Gasteiger partial charge is 0.340 e. The zero-order valence-corrected chi connectivity index (χ0v) is 17.7. The number of anilines is 1. The predicted molar refractivity (Wildman–Crippen MR) is 110 cm³/mol. The molecule has 160 valence electrons. The maximum atomic E-state index is 12.7. The minimum Gasteiger partial charge on any atom is -0.449 e. The molecule has 0 N–H and O–H groups in total. The molecule has 1 atom stereocenters. The molecule has 2 heterocycles. The van der Waals surface area contributed by atoms with Crippen molar-refractivity contribution < 1.29 is 22.7 Å². The van der Waals surface area contributed by atoms with Crippen LogP contribution in [-0.4, -0.2) is 73.2 Å². The second kappa shape index (κ2) is 9.21. The molecule has 0 bridgehead atoms. The summed E-state index contributed by atoms with van der Waals surface area (Å²) >= 11 is 0. The monoisotopic (exact) mass is 432 g/mol. The lowest BCUT2D eigenvalue weighted by Gasteiger charge is -2.35. The first-order chi connectivity index (χ1) is 14.3. The SMILES string of the molecule is CCS(=O)(=O)c1ccccc1C(=O)OC(C)C(=O)N1CCN(c2ncccn2)CC1. The third-order valence-electron chi connectivity index (χ3n) is 4.88. The number of rotatable bonds is 6. The Hall–Kier alpha value is -3.01. The number of sulfone groups is 1. The molecule has 9 nitrogen and oxygen atoms in total. The highest BCUT2D eigenvalue weighted by Crippen LogP contribution is 2.19. The number of benzene rings is 1. The average molecular weight is 433 g/mol. The maximum absolute atomic E-state index is 12.7. The van der Waals surface area contributed by atoms with E-state index in [2.05, 4.69) is 9.97 Å². The molecular formula is C20H24N4O5S.